The summed E-state index contributed by atoms with van der Waals surface area (Å²) in [5.41, 5.74) is 0. The lowest BCUT2D eigenvalue weighted by Crippen LogP contribution is -1.98. The van der Waals surface area contributed by atoms with Crippen LogP contribution in [0.25, 0.3) is 0 Å². The Morgan fingerprint density at radius 3 is 2.62 bits per heavy atom. The second-order valence-electron chi connectivity index (χ2n) is 2.53. The first kappa shape index (κ1) is 11.7. The van der Waals surface area contributed by atoms with Gasteiger partial charge in [-0.3, -0.25) is 0 Å². The SMILES string of the molecule is C=CCCCC=CCOC(=O)C=C. The van der Waals surface area contributed by atoms with E-state index in [1.54, 1.807) is 0 Å². The van der Waals surface area contributed by atoms with Crippen molar-refractivity contribution in [3.8, 4) is 0 Å². The molecular weight excluding hydrogens is 164 g/mol. The first-order valence-electron chi connectivity index (χ1n) is 4.36. The van der Waals surface area contributed by atoms with E-state index < -0.39 is 0 Å². The Morgan fingerprint density at radius 1 is 1.23 bits per heavy atom. The molecule has 0 bridgehead atoms. The number of esters is 1. The molecule has 0 fully saturated rings. The molecule has 0 aliphatic rings. The van der Waals surface area contributed by atoms with Crippen molar-refractivity contribution < 1.29 is 9.53 Å². The van der Waals surface area contributed by atoms with Crippen LogP contribution in [0.5, 0.6) is 0 Å². The number of carbonyl (C=O) groups excluding carboxylic acids is 1. The molecule has 0 radical (unpaired) electrons. The maximum atomic E-state index is 10.6. The Hall–Kier alpha value is -1.31. The standard InChI is InChI=1S/C11H16O2/c1-3-5-6-7-8-9-10-13-11(12)4-2/h3-4,8-9H,1-2,5-7,10H2. The van der Waals surface area contributed by atoms with E-state index in [4.69, 9.17) is 4.74 Å². The van der Waals surface area contributed by atoms with Gasteiger partial charge in [0.1, 0.15) is 6.61 Å². The monoisotopic (exact) mass is 180 g/mol. The normalized spacial score (nSPS) is 9.85. The third-order valence-corrected chi connectivity index (χ3v) is 1.43. The van der Waals surface area contributed by atoms with Gasteiger partial charge in [-0.25, -0.2) is 4.79 Å². The molecule has 0 aromatic heterocycles. The van der Waals surface area contributed by atoms with Gasteiger partial charge in [-0.2, -0.15) is 0 Å². The maximum absolute atomic E-state index is 10.6. The second kappa shape index (κ2) is 8.78. The highest BCUT2D eigenvalue weighted by molar-refractivity contribution is 5.81. The molecule has 0 rings (SSSR count). The van der Waals surface area contributed by atoms with E-state index in [9.17, 15) is 4.79 Å². The van der Waals surface area contributed by atoms with Crippen LogP contribution in [0.15, 0.2) is 37.5 Å². The summed E-state index contributed by atoms with van der Waals surface area (Å²) < 4.78 is 4.73. The van der Waals surface area contributed by atoms with Crippen LogP contribution < -0.4 is 0 Å². The highest BCUT2D eigenvalue weighted by atomic mass is 16.5. The van der Waals surface area contributed by atoms with Gasteiger partial charge in [-0.1, -0.05) is 24.8 Å². The van der Waals surface area contributed by atoms with Crippen LogP contribution in [0.1, 0.15) is 19.3 Å². The van der Waals surface area contributed by atoms with Crippen LogP contribution in [-0.4, -0.2) is 12.6 Å². The predicted octanol–water partition coefficient (Wildman–Crippen LogP) is 2.63. The van der Waals surface area contributed by atoms with Crippen molar-refractivity contribution in [2.45, 2.75) is 19.3 Å². The van der Waals surface area contributed by atoms with Gasteiger partial charge >= 0.3 is 5.97 Å². The van der Waals surface area contributed by atoms with Gasteiger partial charge in [0.15, 0.2) is 0 Å². The maximum Gasteiger partial charge on any atom is 0.330 e. The molecule has 0 aromatic rings. The highest BCUT2D eigenvalue weighted by Gasteiger charge is 1.89. The molecule has 0 saturated carbocycles. The van der Waals surface area contributed by atoms with Crippen LogP contribution in [0.2, 0.25) is 0 Å². The average Bonchev–Trinajstić information content (AvgIpc) is 2.16. The zero-order chi connectivity index (χ0) is 9.94. The molecule has 2 nitrogen and oxygen atoms in total. The molecule has 0 aromatic carbocycles. The number of hydrogen-bond donors (Lipinski definition) is 0. The van der Waals surface area contributed by atoms with E-state index in [0.717, 1.165) is 25.3 Å². The molecule has 13 heavy (non-hydrogen) atoms. The fourth-order valence-electron chi connectivity index (χ4n) is 0.755. The number of rotatable bonds is 7. The Labute approximate surface area is 79.6 Å². The van der Waals surface area contributed by atoms with Gasteiger partial charge in [0.25, 0.3) is 0 Å². The summed E-state index contributed by atoms with van der Waals surface area (Å²) in [4.78, 5) is 10.6. The Morgan fingerprint density at radius 2 is 2.00 bits per heavy atom. The van der Waals surface area contributed by atoms with Gasteiger partial charge in [-0.15, -0.1) is 6.58 Å². The van der Waals surface area contributed by atoms with Crippen molar-refractivity contribution in [1.29, 1.82) is 0 Å². The summed E-state index contributed by atoms with van der Waals surface area (Å²) in [6.45, 7) is 7.25. The summed E-state index contributed by atoms with van der Waals surface area (Å²) in [6, 6.07) is 0. The lowest BCUT2D eigenvalue weighted by molar-refractivity contribution is -0.136. The summed E-state index contributed by atoms with van der Waals surface area (Å²) in [7, 11) is 0. The van der Waals surface area contributed by atoms with E-state index in [1.807, 2.05) is 18.2 Å². The van der Waals surface area contributed by atoms with Gasteiger partial charge in [0.05, 0.1) is 0 Å². The van der Waals surface area contributed by atoms with Gasteiger partial charge < -0.3 is 4.74 Å². The molecule has 0 spiro atoms. The van der Waals surface area contributed by atoms with E-state index in [-0.39, 0.29) is 5.97 Å². The largest absolute Gasteiger partial charge is 0.458 e. The number of carbonyl (C=O) groups is 1. The van der Waals surface area contributed by atoms with Crippen molar-refractivity contribution in [3.05, 3.63) is 37.5 Å². The van der Waals surface area contributed by atoms with Gasteiger partial charge in [0.2, 0.25) is 0 Å². The van der Waals surface area contributed by atoms with Gasteiger partial charge in [0, 0.05) is 6.08 Å². The number of ether oxygens (including phenoxy) is 1. The zero-order valence-corrected chi connectivity index (χ0v) is 7.87. The zero-order valence-electron chi connectivity index (χ0n) is 7.87. The Bertz CT molecular complexity index is 192. The third-order valence-electron chi connectivity index (χ3n) is 1.43. The minimum absolute atomic E-state index is 0.332. The van der Waals surface area contributed by atoms with Gasteiger partial charge in [-0.05, 0) is 19.3 Å². The average molecular weight is 180 g/mol. The fraction of sp³-hybridized carbons (Fsp3) is 0.364. The highest BCUT2D eigenvalue weighted by Crippen LogP contribution is 1.96. The molecule has 0 unspecified atom stereocenters. The van der Waals surface area contributed by atoms with Crippen LogP contribution >= 0.6 is 0 Å². The number of allylic oxidation sites excluding steroid dienone is 2. The molecule has 0 saturated heterocycles. The van der Waals surface area contributed by atoms with E-state index in [2.05, 4.69) is 13.2 Å². The van der Waals surface area contributed by atoms with Crippen LogP contribution in [0.3, 0.4) is 0 Å². The van der Waals surface area contributed by atoms with Crippen molar-refractivity contribution >= 4 is 5.97 Å². The molecular formula is C11H16O2. The van der Waals surface area contributed by atoms with Crippen LogP contribution in [0.4, 0.5) is 0 Å². The van der Waals surface area contributed by atoms with E-state index in [1.165, 1.54) is 0 Å². The minimum Gasteiger partial charge on any atom is -0.458 e. The molecule has 72 valence electrons. The number of hydrogen-bond acceptors (Lipinski definition) is 2. The van der Waals surface area contributed by atoms with Crippen molar-refractivity contribution in [2.75, 3.05) is 6.61 Å². The summed E-state index contributed by atoms with van der Waals surface area (Å²) >= 11 is 0. The molecule has 0 aliphatic heterocycles. The summed E-state index contributed by atoms with van der Waals surface area (Å²) in [5.74, 6) is -0.379. The second-order valence-corrected chi connectivity index (χ2v) is 2.53. The molecule has 0 aliphatic carbocycles. The van der Waals surface area contributed by atoms with Crippen LogP contribution in [0, 0.1) is 0 Å². The summed E-state index contributed by atoms with van der Waals surface area (Å²) in [5, 5.41) is 0. The van der Waals surface area contributed by atoms with Crippen molar-refractivity contribution in [1.82, 2.24) is 0 Å². The quantitative estimate of drug-likeness (QED) is 0.260. The topological polar surface area (TPSA) is 26.3 Å². The first-order valence-corrected chi connectivity index (χ1v) is 4.36. The Kier molecular flexibility index (Phi) is 7.90. The molecule has 0 N–H and O–H groups in total. The smallest absolute Gasteiger partial charge is 0.330 e. The molecule has 0 heterocycles. The number of unbranched alkanes of at least 4 members (excludes halogenated alkanes) is 2. The lowest BCUT2D eigenvalue weighted by Gasteiger charge is -1.94. The molecule has 0 atom stereocenters. The Balaban J connectivity index is 3.26. The van der Waals surface area contributed by atoms with E-state index in [0.29, 0.717) is 6.61 Å². The fourth-order valence-corrected chi connectivity index (χ4v) is 0.755. The lowest BCUT2D eigenvalue weighted by atomic mass is 10.2. The predicted molar refractivity (Wildman–Crippen MR) is 54.3 cm³/mol. The minimum atomic E-state index is -0.379. The molecule has 2 heteroatoms. The van der Waals surface area contributed by atoms with Crippen molar-refractivity contribution in [2.24, 2.45) is 0 Å². The first-order chi connectivity index (χ1) is 6.31. The third kappa shape index (κ3) is 8.60. The summed E-state index contributed by atoms with van der Waals surface area (Å²) in [6.07, 6.45) is 10.0. The van der Waals surface area contributed by atoms with Crippen LogP contribution in [-0.2, 0) is 9.53 Å². The van der Waals surface area contributed by atoms with E-state index >= 15 is 0 Å². The molecule has 0 amide bonds. The van der Waals surface area contributed by atoms with Crippen molar-refractivity contribution in [3.63, 3.8) is 0 Å².